The summed E-state index contributed by atoms with van der Waals surface area (Å²) in [6, 6.07) is 10.7. The van der Waals surface area contributed by atoms with Crippen LogP contribution in [0.3, 0.4) is 0 Å². The van der Waals surface area contributed by atoms with E-state index < -0.39 is 10.0 Å². The van der Waals surface area contributed by atoms with E-state index in [1.807, 2.05) is 51.0 Å². The van der Waals surface area contributed by atoms with Crippen LogP contribution < -0.4 is 10.2 Å². The summed E-state index contributed by atoms with van der Waals surface area (Å²) in [4.78, 5) is 15.1. The van der Waals surface area contributed by atoms with Crippen LogP contribution in [-0.2, 0) is 16.6 Å². The molecule has 1 N–H and O–H groups in total. The molecule has 1 aromatic heterocycles. The van der Waals surface area contributed by atoms with Gasteiger partial charge in [-0.25, -0.2) is 8.42 Å². The smallest absolute Gasteiger partial charge is 0.252 e. The molecule has 0 radical (unpaired) electrons. The van der Waals surface area contributed by atoms with Crippen molar-refractivity contribution in [3.05, 3.63) is 46.8 Å². The van der Waals surface area contributed by atoms with E-state index in [1.54, 1.807) is 18.2 Å². The van der Waals surface area contributed by atoms with Crippen LogP contribution >= 0.6 is 11.3 Å². The number of hydrogen-bond acceptors (Lipinski definition) is 5. The predicted octanol–water partition coefficient (Wildman–Crippen LogP) is 2.77. The second-order valence-corrected chi connectivity index (χ2v) is 9.27. The number of nitrogens with zero attached hydrogens (tertiary/aromatic N) is 2. The summed E-state index contributed by atoms with van der Waals surface area (Å²) in [6.45, 7) is 4.80. The van der Waals surface area contributed by atoms with Gasteiger partial charge in [0.1, 0.15) is 4.21 Å². The Morgan fingerprint density at radius 3 is 2.42 bits per heavy atom. The van der Waals surface area contributed by atoms with Gasteiger partial charge in [0.2, 0.25) is 0 Å². The number of carbonyl (C=O) groups is 1. The second-order valence-electron chi connectivity index (χ2n) is 5.94. The molecule has 1 heterocycles. The molecule has 0 aliphatic rings. The topological polar surface area (TPSA) is 69.7 Å². The molecule has 2 rings (SSSR count). The normalized spacial score (nSPS) is 11.6. The lowest BCUT2D eigenvalue weighted by molar-refractivity contribution is 0.0951. The fourth-order valence-electron chi connectivity index (χ4n) is 2.48. The van der Waals surface area contributed by atoms with Gasteiger partial charge in [0.05, 0.1) is 6.54 Å². The summed E-state index contributed by atoms with van der Waals surface area (Å²) in [5.74, 6) is -0.185. The lowest BCUT2D eigenvalue weighted by Crippen LogP contribution is -2.30. The summed E-state index contributed by atoms with van der Waals surface area (Å²) in [7, 11) is 0.382. The fourth-order valence-corrected chi connectivity index (χ4v) is 5.39. The summed E-state index contributed by atoms with van der Waals surface area (Å²) in [5, 5.41) is 2.85. The zero-order valence-electron chi connectivity index (χ0n) is 15.5. The first-order valence-corrected chi connectivity index (χ1v) is 10.7. The first-order chi connectivity index (χ1) is 12.3. The Balaban J connectivity index is 2.06. The van der Waals surface area contributed by atoms with Crippen molar-refractivity contribution >= 4 is 33.0 Å². The highest BCUT2D eigenvalue weighted by Crippen LogP contribution is 2.25. The molecular weight excluding hydrogens is 370 g/mol. The second kappa shape index (κ2) is 8.66. The third-order valence-corrected chi connectivity index (χ3v) is 7.59. The van der Waals surface area contributed by atoms with Crippen LogP contribution in [0, 0.1) is 0 Å². The minimum absolute atomic E-state index is 0.185. The summed E-state index contributed by atoms with van der Waals surface area (Å²) in [6.07, 6.45) is 0. The highest BCUT2D eigenvalue weighted by Gasteiger charge is 2.23. The predicted molar refractivity (Wildman–Crippen MR) is 106 cm³/mol. The largest absolute Gasteiger partial charge is 0.378 e. The number of rotatable bonds is 8. The first kappa shape index (κ1) is 20.4. The number of anilines is 1. The van der Waals surface area contributed by atoms with E-state index in [9.17, 15) is 13.2 Å². The Morgan fingerprint density at radius 1 is 1.12 bits per heavy atom. The molecule has 0 bridgehead atoms. The number of benzene rings is 1. The molecule has 8 heteroatoms. The number of sulfonamides is 1. The van der Waals surface area contributed by atoms with Crippen molar-refractivity contribution in [2.45, 2.75) is 24.6 Å². The van der Waals surface area contributed by atoms with Crippen LogP contribution in [0.2, 0.25) is 0 Å². The number of amides is 1. The molecule has 0 unspecified atom stereocenters. The first-order valence-electron chi connectivity index (χ1n) is 8.44. The van der Waals surface area contributed by atoms with E-state index in [0.717, 1.165) is 10.6 Å². The van der Waals surface area contributed by atoms with Crippen LogP contribution in [0.5, 0.6) is 0 Å². The molecule has 6 nitrogen and oxygen atoms in total. The van der Waals surface area contributed by atoms with Gasteiger partial charge in [0.15, 0.2) is 0 Å². The quantitative estimate of drug-likeness (QED) is 0.746. The molecular formula is C18H25N3O3S2. The molecule has 0 spiro atoms. The van der Waals surface area contributed by atoms with Crippen molar-refractivity contribution in [2.75, 3.05) is 32.1 Å². The molecule has 26 heavy (non-hydrogen) atoms. The van der Waals surface area contributed by atoms with E-state index in [0.29, 0.717) is 29.4 Å². The molecule has 2 aromatic rings. The number of carbonyl (C=O) groups excluding carboxylic acids is 1. The molecule has 142 valence electrons. The fraction of sp³-hybridized carbons (Fsp3) is 0.389. The Kier molecular flexibility index (Phi) is 6.80. The molecule has 1 amide bonds. The molecule has 0 saturated heterocycles. The van der Waals surface area contributed by atoms with Gasteiger partial charge in [-0.05, 0) is 30.3 Å². The van der Waals surface area contributed by atoms with Crippen molar-refractivity contribution in [3.63, 3.8) is 0 Å². The third-order valence-electron chi connectivity index (χ3n) is 3.98. The van der Waals surface area contributed by atoms with E-state index in [2.05, 4.69) is 5.32 Å². The van der Waals surface area contributed by atoms with Crippen LogP contribution in [0.15, 0.2) is 40.6 Å². The van der Waals surface area contributed by atoms with E-state index in [1.165, 1.54) is 15.6 Å². The van der Waals surface area contributed by atoms with Crippen LogP contribution in [0.25, 0.3) is 0 Å². The Morgan fingerprint density at radius 2 is 1.81 bits per heavy atom. The monoisotopic (exact) mass is 395 g/mol. The van der Waals surface area contributed by atoms with E-state index in [-0.39, 0.29) is 5.91 Å². The Hall–Kier alpha value is -1.90. The highest BCUT2D eigenvalue weighted by molar-refractivity contribution is 7.91. The third kappa shape index (κ3) is 4.63. The lowest BCUT2D eigenvalue weighted by Gasteiger charge is -2.16. The maximum absolute atomic E-state index is 12.5. The summed E-state index contributed by atoms with van der Waals surface area (Å²) >= 11 is 1.19. The summed E-state index contributed by atoms with van der Waals surface area (Å²) in [5.41, 5.74) is 1.52. The van der Waals surface area contributed by atoms with Gasteiger partial charge in [0, 0.05) is 43.3 Å². The van der Waals surface area contributed by atoms with Gasteiger partial charge in [0.25, 0.3) is 15.9 Å². The van der Waals surface area contributed by atoms with Gasteiger partial charge >= 0.3 is 0 Å². The lowest BCUT2D eigenvalue weighted by atomic mass is 10.2. The van der Waals surface area contributed by atoms with Crippen molar-refractivity contribution in [1.29, 1.82) is 0 Å². The maximum Gasteiger partial charge on any atom is 0.252 e. The minimum atomic E-state index is -3.45. The average molecular weight is 396 g/mol. The highest BCUT2D eigenvalue weighted by atomic mass is 32.2. The zero-order valence-corrected chi connectivity index (χ0v) is 17.2. The van der Waals surface area contributed by atoms with Crippen molar-refractivity contribution in [1.82, 2.24) is 9.62 Å². The Bertz CT molecular complexity index is 856. The molecule has 0 aliphatic heterocycles. The van der Waals surface area contributed by atoms with Crippen molar-refractivity contribution < 1.29 is 13.2 Å². The Labute approximate surface area is 159 Å². The van der Waals surface area contributed by atoms with Gasteiger partial charge in [-0.3, -0.25) is 4.79 Å². The number of thiophene rings is 1. The number of hydrogen-bond donors (Lipinski definition) is 1. The van der Waals surface area contributed by atoms with E-state index in [4.69, 9.17) is 0 Å². The standard InChI is InChI=1S/C18H25N3O3S2/c1-5-21(6-2)26(23,24)17-11-10-16(25-17)13-19-18(22)14-8-7-9-15(12-14)20(3)4/h7-12H,5-6,13H2,1-4H3,(H,19,22). The van der Waals surface area contributed by atoms with Gasteiger partial charge in [-0.15, -0.1) is 11.3 Å². The van der Waals surface area contributed by atoms with Crippen molar-refractivity contribution in [2.24, 2.45) is 0 Å². The van der Waals surface area contributed by atoms with Gasteiger partial charge in [-0.1, -0.05) is 19.9 Å². The summed E-state index contributed by atoms with van der Waals surface area (Å²) < 4.78 is 26.8. The molecule has 0 aliphatic carbocycles. The SMILES string of the molecule is CCN(CC)S(=O)(=O)c1ccc(CNC(=O)c2cccc(N(C)C)c2)s1. The van der Waals surface area contributed by atoms with Gasteiger partial charge in [-0.2, -0.15) is 4.31 Å². The average Bonchev–Trinajstić information content (AvgIpc) is 3.10. The molecule has 1 aromatic carbocycles. The maximum atomic E-state index is 12.5. The molecule has 0 atom stereocenters. The number of nitrogens with one attached hydrogen (secondary N) is 1. The van der Waals surface area contributed by atoms with Crippen molar-refractivity contribution in [3.8, 4) is 0 Å². The van der Waals surface area contributed by atoms with Crippen LogP contribution in [0.4, 0.5) is 5.69 Å². The van der Waals surface area contributed by atoms with Gasteiger partial charge < -0.3 is 10.2 Å². The molecule has 0 saturated carbocycles. The zero-order chi connectivity index (χ0) is 19.3. The van der Waals surface area contributed by atoms with Crippen LogP contribution in [-0.4, -0.2) is 45.8 Å². The van der Waals surface area contributed by atoms with Crippen LogP contribution in [0.1, 0.15) is 29.1 Å². The molecule has 0 fully saturated rings. The minimum Gasteiger partial charge on any atom is -0.378 e. The van der Waals surface area contributed by atoms with E-state index >= 15 is 0 Å².